The molecule has 4 aromatic rings. The van der Waals surface area contributed by atoms with E-state index in [1.807, 2.05) is 48.5 Å². The molecular weight excluding hydrogens is 436 g/mol. The smallest absolute Gasteiger partial charge is 0.255 e. The van der Waals surface area contributed by atoms with Crippen molar-refractivity contribution >= 4 is 54.9 Å². The molecular formula is C21H17BrN4OS. The van der Waals surface area contributed by atoms with E-state index in [1.165, 1.54) is 5.56 Å². The molecule has 4 rings (SSSR count). The summed E-state index contributed by atoms with van der Waals surface area (Å²) >= 11 is 5.11. The average Bonchev–Trinajstić information content (AvgIpc) is 3.11. The van der Waals surface area contributed by atoms with E-state index in [0.29, 0.717) is 5.56 Å². The van der Waals surface area contributed by atoms with Crippen LogP contribution in [0.5, 0.6) is 0 Å². The molecule has 0 aliphatic rings. The van der Waals surface area contributed by atoms with Crippen LogP contribution in [0.4, 0.5) is 11.5 Å². The van der Waals surface area contributed by atoms with Gasteiger partial charge in [0, 0.05) is 17.8 Å². The number of anilines is 2. The highest BCUT2D eigenvalue weighted by Gasteiger charge is 2.08. The number of benzene rings is 2. The number of thiophene rings is 1. The van der Waals surface area contributed by atoms with Crippen LogP contribution < -0.4 is 10.6 Å². The van der Waals surface area contributed by atoms with Gasteiger partial charge in [-0.05, 0) is 58.2 Å². The standard InChI is InChI=1S/C21H17BrN4OS/c22-18-12-17-19(28-18)20(25-13-24-17)23-11-10-14-6-8-16(9-7-14)26-21(27)15-4-2-1-3-5-15/h1-9,12-13H,10-11H2,(H,26,27)(H,23,24,25). The highest BCUT2D eigenvalue weighted by Crippen LogP contribution is 2.32. The SMILES string of the molecule is O=C(Nc1ccc(CCNc2ncnc3cc(Br)sc23)cc1)c1ccccc1. The fourth-order valence-electron chi connectivity index (χ4n) is 2.82. The Labute approximate surface area is 175 Å². The molecule has 0 aliphatic carbocycles. The fourth-order valence-corrected chi connectivity index (χ4v) is 4.33. The summed E-state index contributed by atoms with van der Waals surface area (Å²) in [6.07, 6.45) is 2.43. The van der Waals surface area contributed by atoms with Gasteiger partial charge in [0.25, 0.3) is 5.91 Å². The minimum atomic E-state index is -0.107. The number of rotatable bonds is 6. The van der Waals surface area contributed by atoms with Gasteiger partial charge < -0.3 is 10.6 Å². The Bertz CT molecular complexity index is 1100. The lowest BCUT2D eigenvalue weighted by Gasteiger charge is -2.08. The molecule has 0 fully saturated rings. The molecule has 2 N–H and O–H groups in total. The molecule has 2 aromatic carbocycles. The van der Waals surface area contributed by atoms with Gasteiger partial charge in [0.05, 0.1) is 14.0 Å². The molecule has 0 saturated carbocycles. The molecule has 5 nitrogen and oxygen atoms in total. The molecule has 7 heteroatoms. The van der Waals surface area contributed by atoms with E-state index in [9.17, 15) is 4.79 Å². The molecule has 0 atom stereocenters. The minimum absolute atomic E-state index is 0.107. The Hall–Kier alpha value is -2.77. The number of hydrogen-bond acceptors (Lipinski definition) is 5. The molecule has 2 aromatic heterocycles. The van der Waals surface area contributed by atoms with Crippen molar-refractivity contribution in [3.63, 3.8) is 0 Å². The first kappa shape index (κ1) is 18.6. The summed E-state index contributed by atoms with van der Waals surface area (Å²) in [5.74, 6) is 0.748. The van der Waals surface area contributed by atoms with Gasteiger partial charge >= 0.3 is 0 Å². The number of nitrogens with one attached hydrogen (secondary N) is 2. The van der Waals surface area contributed by atoms with Crippen LogP contribution >= 0.6 is 27.3 Å². The van der Waals surface area contributed by atoms with Crippen LogP contribution in [0.25, 0.3) is 10.2 Å². The monoisotopic (exact) mass is 452 g/mol. The number of carbonyl (C=O) groups is 1. The number of halogens is 1. The lowest BCUT2D eigenvalue weighted by Crippen LogP contribution is -2.11. The zero-order valence-electron chi connectivity index (χ0n) is 14.9. The van der Waals surface area contributed by atoms with Gasteiger partial charge in [0.1, 0.15) is 12.1 Å². The third-order valence-electron chi connectivity index (χ3n) is 4.24. The lowest BCUT2D eigenvalue weighted by molar-refractivity contribution is 0.102. The van der Waals surface area contributed by atoms with Crippen molar-refractivity contribution in [1.82, 2.24) is 9.97 Å². The maximum Gasteiger partial charge on any atom is 0.255 e. The second-order valence-corrected chi connectivity index (χ2v) is 8.61. The predicted octanol–water partition coefficient (Wildman–Crippen LogP) is 5.36. The van der Waals surface area contributed by atoms with Crippen LogP contribution in [0, 0.1) is 0 Å². The lowest BCUT2D eigenvalue weighted by atomic mass is 10.1. The molecule has 0 bridgehead atoms. The van der Waals surface area contributed by atoms with Crippen molar-refractivity contribution in [2.45, 2.75) is 6.42 Å². The maximum atomic E-state index is 12.2. The molecule has 0 saturated heterocycles. The normalized spacial score (nSPS) is 10.8. The van der Waals surface area contributed by atoms with Crippen molar-refractivity contribution in [3.05, 3.63) is 81.9 Å². The van der Waals surface area contributed by atoms with E-state index in [4.69, 9.17) is 0 Å². The van der Waals surface area contributed by atoms with E-state index in [1.54, 1.807) is 29.8 Å². The minimum Gasteiger partial charge on any atom is -0.368 e. The number of carbonyl (C=O) groups excluding carboxylic acids is 1. The molecule has 2 heterocycles. The average molecular weight is 453 g/mol. The summed E-state index contributed by atoms with van der Waals surface area (Å²) in [4.78, 5) is 20.8. The highest BCUT2D eigenvalue weighted by molar-refractivity contribution is 9.11. The predicted molar refractivity (Wildman–Crippen MR) is 118 cm³/mol. The van der Waals surface area contributed by atoms with Gasteiger partial charge in [-0.15, -0.1) is 11.3 Å². The maximum absolute atomic E-state index is 12.2. The first-order valence-electron chi connectivity index (χ1n) is 8.78. The van der Waals surface area contributed by atoms with Gasteiger partial charge in [-0.25, -0.2) is 9.97 Å². The van der Waals surface area contributed by atoms with Crippen LogP contribution in [0.15, 0.2) is 70.8 Å². The van der Waals surface area contributed by atoms with Crippen molar-refractivity contribution in [2.24, 2.45) is 0 Å². The van der Waals surface area contributed by atoms with E-state index < -0.39 is 0 Å². The van der Waals surface area contributed by atoms with Gasteiger partial charge in [-0.1, -0.05) is 30.3 Å². The Kier molecular flexibility index (Phi) is 5.64. The molecule has 0 aliphatic heterocycles. The Morgan fingerprint density at radius 3 is 2.61 bits per heavy atom. The second-order valence-electron chi connectivity index (χ2n) is 6.18. The number of hydrogen-bond donors (Lipinski definition) is 2. The summed E-state index contributed by atoms with van der Waals surface area (Å²) in [6, 6.07) is 19.1. The zero-order valence-corrected chi connectivity index (χ0v) is 17.3. The molecule has 140 valence electrons. The third kappa shape index (κ3) is 4.37. The van der Waals surface area contributed by atoms with E-state index >= 15 is 0 Å². The molecule has 0 unspecified atom stereocenters. The number of amides is 1. The molecule has 1 amide bonds. The van der Waals surface area contributed by atoms with Gasteiger partial charge in [-0.2, -0.15) is 0 Å². The highest BCUT2D eigenvalue weighted by atomic mass is 79.9. The van der Waals surface area contributed by atoms with E-state index in [-0.39, 0.29) is 5.91 Å². The first-order chi connectivity index (χ1) is 13.7. The Morgan fingerprint density at radius 1 is 1.04 bits per heavy atom. The van der Waals surface area contributed by atoms with Crippen molar-refractivity contribution in [2.75, 3.05) is 17.2 Å². The van der Waals surface area contributed by atoms with Crippen LogP contribution in [-0.2, 0) is 6.42 Å². The fraction of sp³-hybridized carbons (Fsp3) is 0.0952. The Morgan fingerprint density at radius 2 is 1.82 bits per heavy atom. The summed E-state index contributed by atoms with van der Waals surface area (Å²) in [5.41, 5.74) is 3.55. The summed E-state index contributed by atoms with van der Waals surface area (Å²) in [6.45, 7) is 0.761. The second kappa shape index (κ2) is 8.50. The zero-order chi connectivity index (χ0) is 19.3. The van der Waals surface area contributed by atoms with E-state index in [2.05, 4.69) is 36.5 Å². The van der Waals surface area contributed by atoms with Crippen molar-refractivity contribution in [1.29, 1.82) is 0 Å². The van der Waals surface area contributed by atoms with Crippen molar-refractivity contribution in [3.8, 4) is 0 Å². The first-order valence-corrected chi connectivity index (χ1v) is 10.4. The van der Waals surface area contributed by atoms with Crippen LogP contribution in [0.2, 0.25) is 0 Å². The van der Waals surface area contributed by atoms with Crippen LogP contribution in [0.3, 0.4) is 0 Å². The third-order valence-corrected chi connectivity index (χ3v) is 5.87. The quantitative estimate of drug-likeness (QED) is 0.413. The summed E-state index contributed by atoms with van der Waals surface area (Å²) in [5, 5.41) is 6.30. The van der Waals surface area contributed by atoms with Crippen LogP contribution in [0.1, 0.15) is 15.9 Å². The topological polar surface area (TPSA) is 66.9 Å². The number of fused-ring (bicyclic) bond motifs is 1. The number of aromatic nitrogens is 2. The van der Waals surface area contributed by atoms with Crippen LogP contribution in [-0.4, -0.2) is 22.4 Å². The van der Waals surface area contributed by atoms with Gasteiger partial charge in [0.15, 0.2) is 0 Å². The molecule has 0 spiro atoms. The Balaban J connectivity index is 1.34. The van der Waals surface area contributed by atoms with E-state index in [0.717, 1.165) is 38.5 Å². The summed E-state index contributed by atoms with van der Waals surface area (Å²) in [7, 11) is 0. The molecule has 28 heavy (non-hydrogen) atoms. The largest absolute Gasteiger partial charge is 0.368 e. The number of nitrogens with zero attached hydrogens (tertiary/aromatic N) is 2. The molecule has 0 radical (unpaired) electrons. The summed E-state index contributed by atoms with van der Waals surface area (Å²) < 4.78 is 2.09. The van der Waals surface area contributed by atoms with Gasteiger partial charge in [0.2, 0.25) is 0 Å². The van der Waals surface area contributed by atoms with Crippen molar-refractivity contribution < 1.29 is 4.79 Å². The van der Waals surface area contributed by atoms with Gasteiger partial charge in [-0.3, -0.25) is 4.79 Å².